The Labute approximate surface area is 131 Å². The van der Waals surface area contributed by atoms with Gasteiger partial charge in [0.15, 0.2) is 0 Å². The fourth-order valence-electron chi connectivity index (χ4n) is 2.48. The molecule has 104 valence electrons. The second-order valence-corrected chi connectivity index (χ2v) is 6.09. The van der Waals surface area contributed by atoms with Crippen LogP contribution in [0.5, 0.6) is 0 Å². The van der Waals surface area contributed by atoms with Crippen molar-refractivity contribution < 1.29 is 4.79 Å². The lowest BCUT2D eigenvalue weighted by Crippen LogP contribution is -2.25. The number of anilines is 1. The first-order valence-electron chi connectivity index (χ1n) is 6.40. The molecule has 1 atom stereocenters. The molecule has 4 nitrogen and oxygen atoms in total. The van der Waals surface area contributed by atoms with Gasteiger partial charge in [0.25, 0.3) is 0 Å². The molecule has 1 saturated heterocycles. The molecule has 6 heteroatoms. The third kappa shape index (κ3) is 2.38. The summed E-state index contributed by atoms with van der Waals surface area (Å²) in [6.07, 6.45) is 2.31. The van der Waals surface area contributed by atoms with E-state index in [1.165, 1.54) is 0 Å². The van der Waals surface area contributed by atoms with Gasteiger partial charge in [-0.2, -0.15) is 17.7 Å². The average Bonchev–Trinajstić information content (AvgIpc) is 3.05. The second kappa shape index (κ2) is 5.61. The van der Waals surface area contributed by atoms with Gasteiger partial charge in [0.05, 0.1) is 6.20 Å². The molecular formula is C14H14BrN3OS. The van der Waals surface area contributed by atoms with E-state index in [1.54, 1.807) is 11.1 Å². The molecule has 2 aromatic rings. The maximum absolute atomic E-state index is 12.1. The maximum atomic E-state index is 12.1. The zero-order valence-corrected chi connectivity index (χ0v) is 13.2. The predicted molar refractivity (Wildman–Crippen MR) is 86.0 cm³/mol. The highest BCUT2D eigenvalue weighted by Crippen LogP contribution is 2.36. The number of aromatic nitrogens is 2. The van der Waals surface area contributed by atoms with E-state index in [0.717, 1.165) is 27.2 Å². The Bertz CT molecular complexity index is 643. The molecule has 20 heavy (non-hydrogen) atoms. The topological polar surface area (TPSA) is 49.0 Å². The third-order valence-electron chi connectivity index (χ3n) is 3.52. The van der Waals surface area contributed by atoms with Crippen molar-refractivity contribution in [2.24, 2.45) is 5.92 Å². The van der Waals surface area contributed by atoms with E-state index in [2.05, 4.69) is 38.8 Å². The number of aromatic amines is 1. The van der Waals surface area contributed by atoms with Gasteiger partial charge in [0, 0.05) is 28.6 Å². The summed E-state index contributed by atoms with van der Waals surface area (Å²) in [6.45, 7) is 0.696. The zero-order chi connectivity index (χ0) is 14.1. The quantitative estimate of drug-likeness (QED) is 0.834. The van der Waals surface area contributed by atoms with E-state index in [-0.39, 0.29) is 5.91 Å². The number of benzene rings is 1. The second-order valence-electron chi connectivity index (χ2n) is 4.87. The lowest BCUT2D eigenvalue weighted by atomic mass is 10.1. The van der Waals surface area contributed by atoms with Gasteiger partial charge in [-0.3, -0.25) is 14.8 Å². The Hall–Kier alpha value is -1.27. The normalized spacial score (nSPS) is 18.8. The summed E-state index contributed by atoms with van der Waals surface area (Å²) < 4.78 is 0.986. The Morgan fingerprint density at radius 1 is 1.40 bits per heavy atom. The standard InChI is InChI=1S/C14H14BrN3OS/c15-12-4-2-1-3-10(12)11-6-16-17-14(11)18-7-9(8-20)5-13(18)19/h1-4,6,9,20H,5,7-8H2,(H,16,17). The van der Waals surface area contributed by atoms with E-state index in [4.69, 9.17) is 0 Å². The van der Waals surface area contributed by atoms with Crippen LogP contribution in [0.4, 0.5) is 5.82 Å². The van der Waals surface area contributed by atoms with E-state index >= 15 is 0 Å². The first-order chi connectivity index (χ1) is 9.70. The molecule has 1 amide bonds. The van der Waals surface area contributed by atoms with Crippen molar-refractivity contribution in [3.8, 4) is 11.1 Å². The van der Waals surface area contributed by atoms with Crippen LogP contribution in [0.25, 0.3) is 11.1 Å². The fraction of sp³-hybridized carbons (Fsp3) is 0.286. The van der Waals surface area contributed by atoms with Crippen molar-refractivity contribution >= 4 is 40.3 Å². The molecule has 1 fully saturated rings. The van der Waals surface area contributed by atoms with Crippen LogP contribution in [0, 0.1) is 5.92 Å². The van der Waals surface area contributed by atoms with Crippen LogP contribution in [0.3, 0.4) is 0 Å². The first-order valence-corrected chi connectivity index (χ1v) is 7.82. The van der Waals surface area contributed by atoms with Crippen LogP contribution in [0.15, 0.2) is 34.9 Å². The third-order valence-corrected chi connectivity index (χ3v) is 4.72. The highest BCUT2D eigenvalue weighted by Gasteiger charge is 2.32. The number of carbonyl (C=O) groups is 1. The summed E-state index contributed by atoms with van der Waals surface area (Å²) in [5.41, 5.74) is 1.96. The molecule has 0 radical (unpaired) electrons. The lowest BCUT2D eigenvalue weighted by Gasteiger charge is -2.16. The highest BCUT2D eigenvalue weighted by molar-refractivity contribution is 9.10. The van der Waals surface area contributed by atoms with Crippen molar-refractivity contribution in [3.05, 3.63) is 34.9 Å². The van der Waals surface area contributed by atoms with Gasteiger partial charge in [0.2, 0.25) is 5.91 Å². The Morgan fingerprint density at radius 3 is 2.90 bits per heavy atom. The highest BCUT2D eigenvalue weighted by atomic mass is 79.9. The fourth-order valence-corrected chi connectivity index (χ4v) is 3.22. The number of rotatable bonds is 3. The van der Waals surface area contributed by atoms with Crippen molar-refractivity contribution in [2.75, 3.05) is 17.2 Å². The Balaban J connectivity index is 1.99. The molecule has 0 bridgehead atoms. The minimum atomic E-state index is 0.126. The molecule has 1 aromatic carbocycles. The average molecular weight is 352 g/mol. The smallest absolute Gasteiger partial charge is 0.228 e. The molecule has 3 rings (SSSR count). The van der Waals surface area contributed by atoms with Crippen LogP contribution in [0.1, 0.15) is 6.42 Å². The summed E-state index contributed by atoms with van der Waals surface area (Å²) in [7, 11) is 0. The van der Waals surface area contributed by atoms with Gasteiger partial charge in [0.1, 0.15) is 5.82 Å². The molecule has 1 unspecified atom stereocenters. The Kier molecular flexibility index (Phi) is 3.85. The van der Waals surface area contributed by atoms with Crippen molar-refractivity contribution in [2.45, 2.75) is 6.42 Å². The van der Waals surface area contributed by atoms with Gasteiger partial charge in [-0.1, -0.05) is 34.1 Å². The first kappa shape index (κ1) is 13.7. The van der Waals surface area contributed by atoms with Crippen molar-refractivity contribution in [3.63, 3.8) is 0 Å². The number of amides is 1. The van der Waals surface area contributed by atoms with Crippen molar-refractivity contribution in [1.29, 1.82) is 0 Å². The van der Waals surface area contributed by atoms with Crippen molar-refractivity contribution in [1.82, 2.24) is 10.2 Å². The molecule has 0 spiro atoms. The van der Waals surface area contributed by atoms with Gasteiger partial charge in [-0.25, -0.2) is 0 Å². The minimum absolute atomic E-state index is 0.126. The number of nitrogens with one attached hydrogen (secondary N) is 1. The van der Waals surface area contributed by atoms with Crippen LogP contribution in [-0.4, -0.2) is 28.4 Å². The van der Waals surface area contributed by atoms with Crippen LogP contribution in [0.2, 0.25) is 0 Å². The van der Waals surface area contributed by atoms with Gasteiger partial charge < -0.3 is 0 Å². The molecule has 0 saturated carbocycles. The van der Waals surface area contributed by atoms with Crippen LogP contribution < -0.4 is 4.90 Å². The Morgan fingerprint density at radius 2 is 2.20 bits per heavy atom. The van der Waals surface area contributed by atoms with Crippen LogP contribution >= 0.6 is 28.6 Å². The summed E-state index contributed by atoms with van der Waals surface area (Å²) in [5, 5.41) is 7.07. The summed E-state index contributed by atoms with van der Waals surface area (Å²) in [4.78, 5) is 13.9. The number of hydrogen-bond donors (Lipinski definition) is 2. The van der Waals surface area contributed by atoms with E-state index in [1.807, 2.05) is 24.3 Å². The number of nitrogens with zero attached hydrogens (tertiary/aromatic N) is 2. The van der Waals surface area contributed by atoms with Gasteiger partial charge >= 0.3 is 0 Å². The predicted octanol–water partition coefficient (Wildman–Crippen LogP) is 3.12. The van der Waals surface area contributed by atoms with Crippen LogP contribution in [-0.2, 0) is 4.79 Å². The minimum Gasteiger partial charge on any atom is -0.296 e. The largest absolute Gasteiger partial charge is 0.296 e. The number of thiol groups is 1. The van der Waals surface area contributed by atoms with Gasteiger partial charge in [-0.15, -0.1) is 0 Å². The SMILES string of the molecule is O=C1CC(CS)CN1c1[nH]ncc1-c1ccccc1Br. The summed E-state index contributed by atoms with van der Waals surface area (Å²) in [6, 6.07) is 7.92. The number of hydrogen-bond acceptors (Lipinski definition) is 3. The molecule has 0 aliphatic carbocycles. The van der Waals surface area contributed by atoms with E-state index < -0.39 is 0 Å². The molecule has 1 aromatic heterocycles. The number of halogens is 1. The van der Waals surface area contributed by atoms with E-state index in [9.17, 15) is 4.79 Å². The lowest BCUT2D eigenvalue weighted by molar-refractivity contribution is -0.117. The monoisotopic (exact) mass is 351 g/mol. The van der Waals surface area contributed by atoms with E-state index in [0.29, 0.717) is 18.9 Å². The molecule has 1 aliphatic heterocycles. The number of carbonyl (C=O) groups excluding carboxylic acids is 1. The molecule has 1 N–H and O–H groups in total. The number of H-pyrrole nitrogens is 1. The summed E-state index contributed by atoms with van der Waals surface area (Å²) in [5.74, 6) is 1.93. The zero-order valence-electron chi connectivity index (χ0n) is 10.7. The maximum Gasteiger partial charge on any atom is 0.228 e. The van der Waals surface area contributed by atoms with Gasteiger partial charge in [-0.05, 0) is 17.7 Å². The molecule has 2 heterocycles. The molecule has 1 aliphatic rings. The molecular weight excluding hydrogens is 338 g/mol. The summed E-state index contributed by atoms with van der Waals surface area (Å²) >= 11 is 7.84.